The maximum Gasteiger partial charge on any atom is 0.202 e. The summed E-state index contributed by atoms with van der Waals surface area (Å²) >= 11 is 0. The molecule has 55 valence electrons. The summed E-state index contributed by atoms with van der Waals surface area (Å²) in [5, 5.41) is 17.2. The van der Waals surface area contributed by atoms with Crippen LogP contribution in [-0.2, 0) is 0 Å². The Morgan fingerprint density at radius 3 is 2.70 bits per heavy atom. The van der Waals surface area contributed by atoms with Crippen LogP contribution in [0.15, 0.2) is 10.6 Å². The fourth-order valence-corrected chi connectivity index (χ4v) is 0.606. The number of aliphatic hydroxyl groups is 2. The van der Waals surface area contributed by atoms with Gasteiger partial charge in [-0.05, 0) is 0 Å². The number of nitrogens with zero attached hydrogens (tertiary/aromatic N) is 1. The van der Waals surface area contributed by atoms with E-state index in [9.17, 15) is 0 Å². The topological polar surface area (TPSA) is 66.5 Å². The molecule has 1 rings (SSSR count). The highest BCUT2D eigenvalue weighted by atomic mass is 16.3. The Bertz CT molecular complexity index is 169. The summed E-state index contributed by atoms with van der Waals surface area (Å²) in [6.45, 7) is -0.324. The van der Waals surface area contributed by atoms with E-state index in [-0.39, 0.29) is 13.2 Å². The lowest BCUT2D eigenvalue weighted by atomic mass is 10.2. The lowest BCUT2D eigenvalue weighted by molar-refractivity contribution is 0.174. The molecule has 0 aliphatic rings. The third kappa shape index (κ3) is 1.34. The van der Waals surface area contributed by atoms with Crippen molar-refractivity contribution in [1.82, 2.24) is 4.98 Å². The molecule has 0 aliphatic heterocycles. The molecule has 0 aliphatic carbocycles. The van der Waals surface area contributed by atoms with Crippen molar-refractivity contribution in [2.45, 2.75) is 5.92 Å². The Hall–Kier alpha value is -0.870. The van der Waals surface area contributed by atoms with Crippen molar-refractivity contribution < 1.29 is 14.6 Å². The lowest BCUT2D eigenvalue weighted by Crippen LogP contribution is -2.08. The highest BCUT2D eigenvalue weighted by Crippen LogP contribution is 2.10. The molecule has 0 bridgehead atoms. The highest BCUT2D eigenvalue weighted by Gasteiger charge is 2.12. The van der Waals surface area contributed by atoms with Gasteiger partial charge < -0.3 is 14.6 Å². The number of rotatable bonds is 3. The van der Waals surface area contributed by atoms with Crippen LogP contribution in [0.3, 0.4) is 0 Å². The van der Waals surface area contributed by atoms with Crippen molar-refractivity contribution in [2.24, 2.45) is 0 Å². The van der Waals surface area contributed by atoms with Gasteiger partial charge in [-0.2, -0.15) is 0 Å². The van der Waals surface area contributed by atoms with Gasteiger partial charge in [-0.25, -0.2) is 4.98 Å². The van der Waals surface area contributed by atoms with Crippen LogP contribution in [0, 0.1) is 6.26 Å². The van der Waals surface area contributed by atoms with Crippen LogP contribution in [0.25, 0.3) is 0 Å². The van der Waals surface area contributed by atoms with E-state index in [1.165, 1.54) is 6.20 Å². The predicted molar refractivity (Wildman–Crippen MR) is 32.3 cm³/mol. The molecule has 0 aromatic carbocycles. The predicted octanol–water partition coefficient (Wildman–Crippen LogP) is -0.457. The van der Waals surface area contributed by atoms with Crippen LogP contribution in [0.2, 0.25) is 0 Å². The minimum absolute atomic E-state index is 0.162. The molecule has 2 N–H and O–H groups in total. The largest absolute Gasteiger partial charge is 0.437 e. The molecule has 0 atom stereocenters. The van der Waals surface area contributed by atoms with E-state index >= 15 is 0 Å². The Balaban J connectivity index is 2.64. The maximum atomic E-state index is 8.62. The molecular formula is C6H8NO3. The van der Waals surface area contributed by atoms with Crippen LogP contribution in [0.5, 0.6) is 0 Å². The summed E-state index contributed by atoms with van der Waals surface area (Å²) in [6, 6.07) is 0. The van der Waals surface area contributed by atoms with Crippen molar-refractivity contribution in [3.05, 3.63) is 18.4 Å². The fraction of sp³-hybridized carbons (Fsp3) is 0.500. The van der Waals surface area contributed by atoms with Gasteiger partial charge in [0.2, 0.25) is 5.89 Å². The quantitative estimate of drug-likeness (QED) is 0.599. The standard InChI is InChI=1S/C6H8NO3/c8-3-5(4-9)6-7-1-2-10-6/h1,5,8-9H,3-4H2. The monoisotopic (exact) mass is 142 g/mol. The molecule has 1 aromatic heterocycles. The number of hydrogen-bond acceptors (Lipinski definition) is 4. The van der Waals surface area contributed by atoms with Gasteiger partial charge in [0, 0.05) is 0 Å². The average Bonchev–Trinajstić information content (AvgIpc) is 2.43. The van der Waals surface area contributed by atoms with Crippen molar-refractivity contribution in [1.29, 1.82) is 0 Å². The molecule has 1 heterocycles. The summed E-state index contributed by atoms with van der Waals surface area (Å²) in [4.78, 5) is 3.72. The number of aliphatic hydroxyl groups excluding tert-OH is 2. The molecule has 0 saturated carbocycles. The van der Waals surface area contributed by atoms with E-state index in [0.717, 1.165) is 0 Å². The van der Waals surface area contributed by atoms with Gasteiger partial charge in [-0.3, -0.25) is 0 Å². The summed E-state index contributed by atoms with van der Waals surface area (Å²) < 4.78 is 4.72. The number of hydrogen-bond donors (Lipinski definition) is 2. The first-order valence-electron chi connectivity index (χ1n) is 2.92. The summed E-state index contributed by atoms with van der Waals surface area (Å²) in [7, 11) is 0. The first kappa shape index (κ1) is 7.24. The van der Waals surface area contributed by atoms with Crippen LogP contribution in [0.4, 0.5) is 0 Å². The van der Waals surface area contributed by atoms with Gasteiger partial charge in [0.1, 0.15) is 0 Å². The average molecular weight is 142 g/mol. The summed E-state index contributed by atoms with van der Waals surface area (Å²) in [5.74, 6) is -0.0868. The molecule has 0 unspecified atom stereocenters. The zero-order valence-electron chi connectivity index (χ0n) is 5.32. The van der Waals surface area contributed by atoms with Crippen LogP contribution in [-0.4, -0.2) is 28.4 Å². The molecule has 0 spiro atoms. The third-order valence-corrected chi connectivity index (χ3v) is 1.20. The smallest absolute Gasteiger partial charge is 0.202 e. The zero-order chi connectivity index (χ0) is 7.40. The van der Waals surface area contributed by atoms with Gasteiger partial charge in [0.05, 0.1) is 25.3 Å². The Morgan fingerprint density at radius 1 is 1.60 bits per heavy atom. The first-order chi connectivity index (χ1) is 4.88. The van der Waals surface area contributed by atoms with Crippen LogP contribution >= 0.6 is 0 Å². The maximum absolute atomic E-state index is 8.62. The number of aromatic nitrogens is 1. The van der Waals surface area contributed by atoms with E-state index in [0.29, 0.717) is 5.89 Å². The SMILES string of the molecule is OCC(CO)c1nc[c]o1. The second-order valence-corrected chi connectivity index (χ2v) is 1.88. The van der Waals surface area contributed by atoms with Gasteiger partial charge in [0.25, 0.3) is 0 Å². The van der Waals surface area contributed by atoms with Crippen LogP contribution in [0.1, 0.15) is 11.8 Å². The van der Waals surface area contributed by atoms with Crippen molar-refractivity contribution in [2.75, 3.05) is 13.2 Å². The highest BCUT2D eigenvalue weighted by molar-refractivity contribution is 4.90. The zero-order valence-corrected chi connectivity index (χ0v) is 5.32. The minimum Gasteiger partial charge on any atom is -0.437 e. The summed E-state index contributed by atoms with van der Waals surface area (Å²) in [6.07, 6.45) is 3.73. The fourth-order valence-electron chi connectivity index (χ4n) is 0.606. The second-order valence-electron chi connectivity index (χ2n) is 1.88. The van der Waals surface area contributed by atoms with E-state index < -0.39 is 5.92 Å². The van der Waals surface area contributed by atoms with Gasteiger partial charge in [0.15, 0.2) is 6.26 Å². The van der Waals surface area contributed by atoms with Crippen LogP contribution < -0.4 is 0 Å². The van der Waals surface area contributed by atoms with E-state index in [4.69, 9.17) is 14.6 Å². The minimum atomic E-state index is -0.411. The molecule has 4 nitrogen and oxygen atoms in total. The normalized spacial score (nSPS) is 10.7. The van der Waals surface area contributed by atoms with Gasteiger partial charge in [-0.15, -0.1) is 0 Å². The third-order valence-electron chi connectivity index (χ3n) is 1.20. The van der Waals surface area contributed by atoms with E-state index in [1.54, 1.807) is 0 Å². The van der Waals surface area contributed by atoms with E-state index in [2.05, 4.69) is 11.2 Å². The Kier molecular flexibility index (Phi) is 2.42. The van der Waals surface area contributed by atoms with Crippen molar-refractivity contribution in [3.8, 4) is 0 Å². The summed E-state index contributed by atoms with van der Waals surface area (Å²) in [5.41, 5.74) is 0. The molecule has 1 radical (unpaired) electrons. The first-order valence-corrected chi connectivity index (χ1v) is 2.92. The second kappa shape index (κ2) is 3.34. The van der Waals surface area contributed by atoms with E-state index in [1.807, 2.05) is 0 Å². The lowest BCUT2D eigenvalue weighted by Gasteiger charge is -2.03. The Morgan fingerprint density at radius 2 is 2.30 bits per heavy atom. The Labute approximate surface area is 58.1 Å². The molecular weight excluding hydrogens is 134 g/mol. The molecule has 4 heteroatoms. The number of oxazole rings is 1. The molecule has 0 saturated heterocycles. The molecule has 0 amide bonds. The molecule has 1 aromatic rings. The van der Waals surface area contributed by atoms with Crippen molar-refractivity contribution >= 4 is 0 Å². The van der Waals surface area contributed by atoms with Gasteiger partial charge in [-0.1, -0.05) is 0 Å². The van der Waals surface area contributed by atoms with Gasteiger partial charge >= 0.3 is 0 Å². The van der Waals surface area contributed by atoms with Crippen molar-refractivity contribution in [3.63, 3.8) is 0 Å². The molecule has 0 fully saturated rings. The molecule has 10 heavy (non-hydrogen) atoms.